The minimum Gasteiger partial charge on any atom is -0.308 e. The van der Waals surface area contributed by atoms with Gasteiger partial charge in [0.1, 0.15) is 0 Å². The molecule has 21 heavy (non-hydrogen) atoms. The average Bonchev–Trinajstić information content (AvgIpc) is 2.48. The number of hydrogen-bond acceptors (Lipinski definition) is 1. The molecule has 1 aromatic carbocycles. The Kier molecular flexibility index (Phi) is 5.79. The fourth-order valence-corrected chi connectivity index (χ4v) is 2.68. The van der Waals surface area contributed by atoms with Crippen LogP contribution in [0.15, 0.2) is 47.3 Å². The number of aromatic nitrogens is 1. The van der Waals surface area contributed by atoms with Crippen molar-refractivity contribution in [1.29, 1.82) is 0 Å². The summed E-state index contributed by atoms with van der Waals surface area (Å²) in [4.78, 5) is 12.3. The predicted octanol–water partition coefficient (Wildman–Crippen LogP) is 4.33. The van der Waals surface area contributed by atoms with E-state index in [0.29, 0.717) is 6.54 Å². The lowest BCUT2D eigenvalue weighted by Gasteiger charge is -2.14. The van der Waals surface area contributed by atoms with Gasteiger partial charge in [0.05, 0.1) is 6.54 Å². The van der Waals surface area contributed by atoms with Crippen LogP contribution in [0, 0.1) is 6.92 Å². The van der Waals surface area contributed by atoms with E-state index in [2.05, 4.69) is 25.1 Å². The van der Waals surface area contributed by atoms with Crippen molar-refractivity contribution in [3.8, 4) is 0 Å². The molecule has 0 aliphatic rings. The largest absolute Gasteiger partial charge is 0.308 e. The Bertz CT molecular complexity index is 613. The second kappa shape index (κ2) is 7.82. The van der Waals surface area contributed by atoms with Gasteiger partial charge in [0.25, 0.3) is 5.56 Å². The summed E-state index contributed by atoms with van der Waals surface area (Å²) in [6.45, 7) is 4.89. The van der Waals surface area contributed by atoms with E-state index in [0.717, 1.165) is 18.4 Å². The van der Waals surface area contributed by atoms with Gasteiger partial charge in [-0.3, -0.25) is 4.79 Å². The highest BCUT2D eigenvalue weighted by molar-refractivity contribution is 5.20. The monoisotopic (exact) mass is 283 g/mol. The van der Waals surface area contributed by atoms with Crippen molar-refractivity contribution < 1.29 is 0 Å². The third kappa shape index (κ3) is 4.59. The normalized spacial score (nSPS) is 10.8. The number of aryl methyl sites for hydroxylation is 2. The van der Waals surface area contributed by atoms with Crippen molar-refractivity contribution in [2.75, 3.05) is 0 Å². The summed E-state index contributed by atoms with van der Waals surface area (Å²) in [6, 6.07) is 14.1. The molecule has 0 amide bonds. The lowest BCUT2D eigenvalue weighted by atomic mass is 10.1. The predicted molar refractivity (Wildman–Crippen MR) is 88.8 cm³/mol. The third-order valence-electron chi connectivity index (χ3n) is 3.83. The zero-order chi connectivity index (χ0) is 15.1. The standard InChI is InChI=1S/C19H25NO/c1-3-4-5-9-12-18-13-16(2)14-19(21)20(18)15-17-10-7-6-8-11-17/h6-8,10-11,13-14H,3-5,9,12,15H2,1-2H3. The Morgan fingerprint density at radius 1 is 1.00 bits per heavy atom. The van der Waals surface area contributed by atoms with E-state index in [4.69, 9.17) is 0 Å². The summed E-state index contributed by atoms with van der Waals surface area (Å²) in [5.41, 5.74) is 3.53. The molecule has 2 heteroatoms. The van der Waals surface area contributed by atoms with Crippen molar-refractivity contribution in [2.45, 2.75) is 52.5 Å². The van der Waals surface area contributed by atoms with Crippen LogP contribution in [0.3, 0.4) is 0 Å². The second-order valence-electron chi connectivity index (χ2n) is 5.74. The maximum atomic E-state index is 12.3. The Morgan fingerprint density at radius 3 is 2.48 bits per heavy atom. The first kappa shape index (κ1) is 15.6. The molecule has 0 spiro atoms. The van der Waals surface area contributed by atoms with Crippen molar-refractivity contribution >= 4 is 0 Å². The van der Waals surface area contributed by atoms with E-state index in [-0.39, 0.29) is 5.56 Å². The van der Waals surface area contributed by atoms with Crippen molar-refractivity contribution in [3.63, 3.8) is 0 Å². The van der Waals surface area contributed by atoms with Crippen LogP contribution in [-0.4, -0.2) is 4.57 Å². The molecular formula is C19H25NO. The number of benzene rings is 1. The van der Waals surface area contributed by atoms with Crippen LogP contribution >= 0.6 is 0 Å². The molecule has 0 fully saturated rings. The molecule has 0 saturated heterocycles. The quantitative estimate of drug-likeness (QED) is 0.693. The van der Waals surface area contributed by atoms with Crippen molar-refractivity contribution in [3.05, 3.63) is 69.6 Å². The summed E-state index contributed by atoms with van der Waals surface area (Å²) in [5.74, 6) is 0. The molecule has 112 valence electrons. The Morgan fingerprint density at radius 2 is 1.76 bits per heavy atom. The van der Waals surface area contributed by atoms with Gasteiger partial charge in [0.15, 0.2) is 0 Å². The molecule has 0 radical (unpaired) electrons. The number of pyridine rings is 1. The van der Waals surface area contributed by atoms with Crippen LogP contribution in [-0.2, 0) is 13.0 Å². The molecular weight excluding hydrogens is 258 g/mol. The topological polar surface area (TPSA) is 22.0 Å². The lowest BCUT2D eigenvalue weighted by molar-refractivity contribution is 0.624. The summed E-state index contributed by atoms with van der Waals surface area (Å²) in [7, 11) is 0. The fraction of sp³-hybridized carbons (Fsp3) is 0.421. The van der Waals surface area contributed by atoms with Gasteiger partial charge in [-0.2, -0.15) is 0 Å². The Labute approximate surface area is 127 Å². The molecule has 2 nitrogen and oxygen atoms in total. The number of nitrogens with zero attached hydrogens (tertiary/aromatic N) is 1. The van der Waals surface area contributed by atoms with E-state index < -0.39 is 0 Å². The SMILES string of the molecule is CCCCCCc1cc(C)cc(=O)n1Cc1ccccc1. The summed E-state index contributed by atoms with van der Waals surface area (Å²) in [6.07, 6.45) is 5.90. The highest BCUT2D eigenvalue weighted by Gasteiger charge is 2.06. The van der Waals surface area contributed by atoms with Crippen LogP contribution in [0.4, 0.5) is 0 Å². The maximum Gasteiger partial charge on any atom is 0.251 e. The van der Waals surface area contributed by atoms with E-state index in [1.165, 1.54) is 30.5 Å². The van der Waals surface area contributed by atoms with Gasteiger partial charge in [-0.1, -0.05) is 56.5 Å². The number of unbranched alkanes of at least 4 members (excludes halogenated alkanes) is 3. The fourth-order valence-electron chi connectivity index (χ4n) is 2.68. The Balaban J connectivity index is 2.20. The lowest BCUT2D eigenvalue weighted by Crippen LogP contribution is -2.24. The second-order valence-corrected chi connectivity index (χ2v) is 5.74. The summed E-state index contributed by atoms with van der Waals surface area (Å²) >= 11 is 0. The molecule has 0 saturated carbocycles. The van der Waals surface area contributed by atoms with Gasteiger partial charge < -0.3 is 4.57 Å². The molecule has 1 heterocycles. The van der Waals surface area contributed by atoms with Gasteiger partial charge in [-0.15, -0.1) is 0 Å². The maximum absolute atomic E-state index is 12.3. The van der Waals surface area contributed by atoms with E-state index in [9.17, 15) is 4.79 Å². The minimum atomic E-state index is 0.115. The first-order valence-electron chi connectivity index (χ1n) is 7.95. The molecule has 2 aromatic rings. The zero-order valence-electron chi connectivity index (χ0n) is 13.1. The van der Waals surface area contributed by atoms with Crippen molar-refractivity contribution in [1.82, 2.24) is 4.57 Å². The molecule has 0 atom stereocenters. The van der Waals surface area contributed by atoms with Crippen LogP contribution in [0.5, 0.6) is 0 Å². The van der Waals surface area contributed by atoms with Crippen LogP contribution in [0.2, 0.25) is 0 Å². The summed E-state index contributed by atoms with van der Waals surface area (Å²) in [5, 5.41) is 0. The molecule has 1 aromatic heterocycles. The van der Waals surface area contributed by atoms with Gasteiger partial charge in [-0.25, -0.2) is 0 Å². The van der Waals surface area contributed by atoms with Gasteiger partial charge in [0.2, 0.25) is 0 Å². The highest BCUT2D eigenvalue weighted by atomic mass is 16.1. The average molecular weight is 283 g/mol. The van der Waals surface area contributed by atoms with E-state index in [1.807, 2.05) is 29.7 Å². The number of rotatable bonds is 7. The molecule has 0 N–H and O–H groups in total. The highest BCUT2D eigenvalue weighted by Crippen LogP contribution is 2.11. The molecule has 0 aliphatic carbocycles. The van der Waals surface area contributed by atoms with Crippen LogP contribution in [0.25, 0.3) is 0 Å². The van der Waals surface area contributed by atoms with E-state index in [1.54, 1.807) is 6.07 Å². The molecule has 0 aliphatic heterocycles. The smallest absolute Gasteiger partial charge is 0.251 e. The van der Waals surface area contributed by atoms with Crippen LogP contribution < -0.4 is 5.56 Å². The minimum absolute atomic E-state index is 0.115. The van der Waals surface area contributed by atoms with Gasteiger partial charge in [0, 0.05) is 11.8 Å². The molecule has 0 unspecified atom stereocenters. The van der Waals surface area contributed by atoms with Gasteiger partial charge >= 0.3 is 0 Å². The van der Waals surface area contributed by atoms with E-state index >= 15 is 0 Å². The molecule has 2 rings (SSSR count). The van der Waals surface area contributed by atoms with Crippen molar-refractivity contribution in [2.24, 2.45) is 0 Å². The van der Waals surface area contributed by atoms with Crippen LogP contribution in [0.1, 0.15) is 49.4 Å². The first-order valence-corrected chi connectivity index (χ1v) is 7.95. The Hall–Kier alpha value is -1.83. The first-order chi connectivity index (χ1) is 10.2. The third-order valence-corrected chi connectivity index (χ3v) is 3.83. The van der Waals surface area contributed by atoms with Gasteiger partial charge in [-0.05, 0) is 37.0 Å². The zero-order valence-corrected chi connectivity index (χ0v) is 13.1. The summed E-state index contributed by atoms with van der Waals surface area (Å²) < 4.78 is 1.92. The molecule has 0 bridgehead atoms. The number of hydrogen-bond donors (Lipinski definition) is 0.